The number of nitrogens with one attached hydrogen (secondary N) is 3. The van der Waals surface area contributed by atoms with Gasteiger partial charge in [-0.3, -0.25) is 14.7 Å². The van der Waals surface area contributed by atoms with Gasteiger partial charge in [-0.2, -0.15) is 0 Å². The Morgan fingerprint density at radius 1 is 1.14 bits per heavy atom. The number of carbonyl (C=O) groups is 1. The number of allylic oxidation sites excluding steroid dienone is 1. The summed E-state index contributed by atoms with van der Waals surface area (Å²) in [5.41, 5.74) is 11.3. The number of nitrogens with zero attached hydrogens (tertiary/aromatic N) is 3. The number of aliphatic imine (C=N–C) groups is 1. The fourth-order valence-corrected chi connectivity index (χ4v) is 4.06. The van der Waals surface area contributed by atoms with Crippen molar-refractivity contribution in [1.29, 1.82) is 0 Å². The molecule has 3 aromatic rings. The maximum Gasteiger partial charge on any atom is 0.255 e. The van der Waals surface area contributed by atoms with Gasteiger partial charge in [0, 0.05) is 67.6 Å². The van der Waals surface area contributed by atoms with Crippen LogP contribution in [0.25, 0.3) is 0 Å². The van der Waals surface area contributed by atoms with Gasteiger partial charge < -0.3 is 21.7 Å². The highest BCUT2D eigenvalue weighted by Crippen LogP contribution is 2.23. The molecular weight excluding hydrogens is 462 g/mol. The van der Waals surface area contributed by atoms with E-state index in [1.165, 1.54) is 11.8 Å². The molecular formula is C29H33N7O. The van der Waals surface area contributed by atoms with E-state index in [-0.39, 0.29) is 5.91 Å². The molecule has 0 aliphatic carbocycles. The molecule has 1 fully saturated rings. The van der Waals surface area contributed by atoms with Crippen LogP contribution in [0.2, 0.25) is 0 Å². The number of anilines is 2. The molecule has 0 bridgehead atoms. The summed E-state index contributed by atoms with van der Waals surface area (Å²) in [5, 5.41) is 9.58. The Labute approximate surface area is 218 Å². The van der Waals surface area contributed by atoms with Crippen molar-refractivity contribution in [3.8, 4) is 0 Å². The van der Waals surface area contributed by atoms with Gasteiger partial charge in [0.25, 0.3) is 5.91 Å². The molecule has 1 aliphatic rings. The molecule has 37 heavy (non-hydrogen) atoms. The summed E-state index contributed by atoms with van der Waals surface area (Å²) in [5.74, 6) is 0.274. The van der Waals surface area contributed by atoms with Crippen molar-refractivity contribution in [2.24, 2.45) is 10.7 Å². The van der Waals surface area contributed by atoms with E-state index in [0.29, 0.717) is 22.8 Å². The molecule has 0 atom stereocenters. The van der Waals surface area contributed by atoms with Crippen LogP contribution >= 0.6 is 0 Å². The SMILES string of the molecule is C=C(N=C(/C=C\N)c1cccnc1)Nc1cc(NC(=O)c2ccc(CN3CCNCC3)cc2)ccc1C. The molecule has 0 saturated carbocycles. The van der Waals surface area contributed by atoms with Crippen molar-refractivity contribution >= 4 is 23.0 Å². The normalized spacial score (nSPS) is 14.5. The monoisotopic (exact) mass is 495 g/mol. The molecule has 8 nitrogen and oxygen atoms in total. The van der Waals surface area contributed by atoms with Crippen molar-refractivity contribution in [1.82, 2.24) is 15.2 Å². The van der Waals surface area contributed by atoms with Gasteiger partial charge in [0.15, 0.2) is 0 Å². The average molecular weight is 496 g/mol. The Hall–Kier alpha value is -4.27. The lowest BCUT2D eigenvalue weighted by Crippen LogP contribution is -2.42. The van der Waals surface area contributed by atoms with Gasteiger partial charge >= 0.3 is 0 Å². The lowest BCUT2D eigenvalue weighted by atomic mass is 10.1. The Balaban J connectivity index is 1.41. The molecule has 2 aromatic carbocycles. The van der Waals surface area contributed by atoms with Crippen LogP contribution < -0.4 is 21.7 Å². The Morgan fingerprint density at radius 3 is 2.62 bits per heavy atom. The first kappa shape index (κ1) is 25.8. The molecule has 5 N–H and O–H groups in total. The minimum Gasteiger partial charge on any atom is -0.405 e. The highest BCUT2D eigenvalue weighted by atomic mass is 16.1. The number of hydrogen-bond acceptors (Lipinski definition) is 7. The fourth-order valence-electron chi connectivity index (χ4n) is 4.06. The van der Waals surface area contributed by atoms with Crippen LogP contribution in [0.5, 0.6) is 0 Å². The second-order valence-corrected chi connectivity index (χ2v) is 8.88. The zero-order valence-corrected chi connectivity index (χ0v) is 21.1. The number of benzene rings is 2. The van der Waals surface area contributed by atoms with Crippen LogP contribution in [0.3, 0.4) is 0 Å². The van der Waals surface area contributed by atoms with Crippen LogP contribution in [0.15, 0.2) is 96.7 Å². The first-order valence-corrected chi connectivity index (χ1v) is 12.3. The smallest absolute Gasteiger partial charge is 0.255 e. The largest absolute Gasteiger partial charge is 0.405 e. The van der Waals surface area contributed by atoms with E-state index in [4.69, 9.17) is 5.73 Å². The highest BCUT2D eigenvalue weighted by Gasteiger charge is 2.12. The Kier molecular flexibility index (Phi) is 8.80. The third-order valence-corrected chi connectivity index (χ3v) is 6.07. The molecule has 0 radical (unpaired) electrons. The van der Waals surface area contributed by atoms with E-state index in [0.717, 1.165) is 49.5 Å². The van der Waals surface area contributed by atoms with Gasteiger partial charge in [0.2, 0.25) is 0 Å². The van der Waals surface area contributed by atoms with E-state index >= 15 is 0 Å². The van der Waals surface area contributed by atoms with Crippen LogP contribution in [-0.4, -0.2) is 47.7 Å². The van der Waals surface area contributed by atoms with E-state index in [1.54, 1.807) is 18.5 Å². The molecule has 1 saturated heterocycles. The van der Waals surface area contributed by atoms with Crippen LogP contribution in [0, 0.1) is 6.92 Å². The molecule has 190 valence electrons. The molecule has 0 spiro atoms. The number of amides is 1. The number of nitrogens with two attached hydrogens (primary N) is 1. The fraction of sp³-hybridized carbons (Fsp3) is 0.207. The first-order chi connectivity index (χ1) is 18.0. The highest BCUT2D eigenvalue weighted by molar-refractivity contribution is 6.09. The number of aromatic nitrogens is 1. The minimum atomic E-state index is -0.160. The van der Waals surface area contributed by atoms with Gasteiger partial charge in [0.05, 0.1) is 5.71 Å². The Bertz CT molecular complexity index is 1280. The zero-order valence-electron chi connectivity index (χ0n) is 21.1. The first-order valence-electron chi connectivity index (χ1n) is 12.3. The summed E-state index contributed by atoms with van der Waals surface area (Å²) in [6, 6.07) is 17.2. The second kappa shape index (κ2) is 12.6. The third-order valence-electron chi connectivity index (χ3n) is 6.07. The lowest BCUT2D eigenvalue weighted by molar-refractivity contribution is 0.102. The van der Waals surface area contributed by atoms with Crippen LogP contribution in [0.1, 0.15) is 27.0 Å². The summed E-state index contributed by atoms with van der Waals surface area (Å²) < 4.78 is 0. The number of aryl methyl sites for hydroxylation is 1. The number of pyridine rings is 1. The number of hydrogen-bond donors (Lipinski definition) is 4. The summed E-state index contributed by atoms with van der Waals surface area (Å²) >= 11 is 0. The van der Waals surface area contributed by atoms with Crippen molar-refractivity contribution in [3.05, 3.63) is 114 Å². The summed E-state index contributed by atoms with van der Waals surface area (Å²) in [7, 11) is 0. The molecule has 0 unspecified atom stereocenters. The number of rotatable bonds is 9. The van der Waals surface area contributed by atoms with Crippen molar-refractivity contribution in [2.75, 3.05) is 36.8 Å². The van der Waals surface area contributed by atoms with Crippen molar-refractivity contribution in [2.45, 2.75) is 13.5 Å². The predicted octanol–water partition coefficient (Wildman–Crippen LogP) is 3.89. The molecule has 1 aliphatic heterocycles. The van der Waals surface area contributed by atoms with Gasteiger partial charge in [0.1, 0.15) is 5.82 Å². The van der Waals surface area contributed by atoms with Crippen LogP contribution in [-0.2, 0) is 6.54 Å². The second-order valence-electron chi connectivity index (χ2n) is 8.88. The van der Waals surface area contributed by atoms with Gasteiger partial charge in [-0.15, -0.1) is 0 Å². The predicted molar refractivity (Wildman–Crippen MR) is 151 cm³/mol. The quantitative estimate of drug-likeness (QED) is 0.336. The minimum absolute atomic E-state index is 0.160. The lowest BCUT2D eigenvalue weighted by Gasteiger charge is -2.27. The maximum atomic E-state index is 12.9. The maximum absolute atomic E-state index is 12.9. The van der Waals surface area contributed by atoms with Gasteiger partial charge in [-0.1, -0.05) is 24.8 Å². The molecule has 8 heteroatoms. The van der Waals surface area contributed by atoms with E-state index < -0.39 is 0 Å². The molecule has 2 heterocycles. The van der Waals surface area contributed by atoms with E-state index in [2.05, 4.69) is 37.4 Å². The van der Waals surface area contributed by atoms with Gasteiger partial charge in [-0.25, -0.2) is 4.99 Å². The topological polar surface area (TPSA) is 108 Å². The van der Waals surface area contributed by atoms with E-state index in [9.17, 15) is 4.79 Å². The zero-order chi connectivity index (χ0) is 26.0. The third kappa shape index (κ3) is 7.36. The molecule has 1 amide bonds. The summed E-state index contributed by atoms with van der Waals surface area (Å²) in [4.78, 5) is 24.0. The Morgan fingerprint density at radius 2 is 1.92 bits per heavy atom. The molecule has 4 rings (SSSR count). The number of carbonyl (C=O) groups excluding carboxylic acids is 1. The average Bonchev–Trinajstić information content (AvgIpc) is 2.92. The standard InChI is InChI=1S/C29H33N7O/c1-21-5-10-26(18-28(21)34-22(2)33-27(11-12-30)25-4-3-13-32-19-25)35-29(37)24-8-6-23(7-9-24)20-36-16-14-31-15-17-36/h3-13,18-19,31,34H,2,14-17,20,30H2,1H3,(H,35,37)/b12-11-,33-27?. The van der Waals surface area contributed by atoms with Crippen LogP contribution in [0.4, 0.5) is 11.4 Å². The van der Waals surface area contributed by atoms with Crippen molar-refractivity contribution < 1.29 is 4.79 Å². The summed E-state index contributed by atoms with van der Waals surface area (Å²) in [6.07, 6.45) is 6.54. The van der Waals surface area contributed by atoms with E-state index in [1.807, 2.05) is 61.5 Å². The van der Waals surface area contributed by atoms with Gasteiger partial charge in [-0.05, 0) is 66.7 Å². The summed E-state index contributed by atoms with van der Waals surface area (Å²) in [6.45, 7) is 11.0. The number of piperazine rings is 1. The molecule has 1 aromatic heterocycles. The van der Waals surface area contributed by atoms with Crippen molar-refractivity contribution in [3.63, 3.8) is 0 Å².